The summed E-state index contributed by atoms with van der Waals surface area (Å²) >= 11 is 0. The van der Waals surface area contributed by atoms with Gasteiger partial charge in [0.2, 0.25) is 0 Å². The Morgan fingerprint density at radius 1 is 1.05 bits per heavy atom. The summed E-state index contributed by atoms with van der Waals surface area (Å²) in [5.41, 5.74) is 0. The predicted octanol–water partition coefficient (Wildman–Crippen LogP) is 3.15. The van der Waals surface area contributed by atoms with Crippen molar-refractivity contribution in [1.29, 1.82) is 0 Å². The maximum atomic E-state index is 12.4. The summed E-state index contributed by atoms with van der Waals surface area (Å²) < 4.78 is 24.8. The summed E-state index contributed by atoms with van der Waals surface area (Å²) in [7, 11) is -2.88. The molecule has 0 aromatic rings. The van der Waals surface area contributed by atoms with Gasteiger partial charge < -0.3 is 5.32 Å². The highest BCUT2D eigenvalue weighted by atomic mass is 32.2. The van der Waals surface area contributed by atoms with Crippen molar-refractivity contribution in [2.45, 2.75) is 76.5 Å². The average molecular weight is 301 g/mol. The van der Waals surface area contributed by atoms with E-state index in [9.17, 15) is 8.42 Å². The smallest absolute Gasteiger partial charge is 0.154 e. The fourth-order valence-electron chi connectivity index (χ4n) is 4.18. The highest BCUT2D eigenvalue weighted by molar-refractivity contribution is 7.92. The second kappa shape index (κ2) is 7.26. The van der Waals surface area contributed by atoms with Crippen molar-refractivity contribution < 1.29 is 8.42 Å². The third kappa shape index (κ3) is 3.76. The van der Waals surface area contributed by atoms with Crippen LogP contribution in [-0.4, -0.2) is 32.0 Å². The lowest BCUT2D eigenvalue weighted by atomic mass is 9.76. The van der Waals surface area contributed by atoms with Gasteiger partial charge in [0.15, 0.2) is 9.84 Å². The third-order valence-corrected chi connectivity index (χ3v) is 7.75. The number of hydrogen-bond donors (Lipinski definition) is 1. The molecular formula is C16H31NO2S. The molecule has 2 atom stereocenters. The summed E-state index contributed by atoms with van der Waals surface area (Å²) in [4.78, 5) is 0. The molecule has 2 unspecified atom stereocenters. The van der Waals surface area contributed by atoms with E-state index in [1.54, 1.807) is 0 Å². The largest absolute Gasteiger partial charge is 0.313 e. The summed E-state index contributed by atoms with van der Waals surface area (Å²) in [5, 5.41) is 3.41. The monoisotopic (exact) mass is 301 g/mol. The van der Waals surface area contributed by atoms with Crippen LogP contribution in [0.15, 0.2) is 0 Å². The molecule has 0 radical (unpaired) electrons. The molecular weight excluding hydrogens is 270 g/mol. The maximum Gasteiger partial charge on any atom is 0.154 e. The number of rotatable bonds is 5. The van der Waals surface area contributed by atoms with Crippen molar-refractivity contribution in [2.75, 3.05) is 12.3 Å². The molecule has 2 rings (SSSR count). The van der Waals surface area contributed by atoms with E-state index in [2.05, 4.69) is 19.2 Å². The Morgan fingerprint density at radius 3 is 2.30 bits per heavy atom. The molecule has 4 heteroatoms. The minimum atomic E-state index is -2.88. The van der Waals surface area contributed by atoms with Crippen molar-refractivity contribution in [3.8, 4) is 0 Å². The minimum Gasteiger partial charge on any atom is -0.313 e. The minimum absolute atomic E-state index is 0.126. The van der Waals surface area contributed by atoms with Crippen LogP contribution in [-0.2, 0) is 9.84 Å². The summed E-state index contributed by atoms with van der Waals surface area (Å²) in [6.07, 6.45) is 9.08. The van der Waals surface area contributed by atoms with E-state index < -0.39 is 9.84 Å². The second-order valence-corrected chi connectivity index (χ2v) is 9.01. The summed E-state index contributed by atoms with van der Waals surface area (Å²) in [6.45, 7) is 5.25. The zero-order chi connectivity index (χ0) is 14.6. The van der Waals surface area contributed by atoms with Crippen molar-refractivity contribution >= 4 is 9.84 Å². The van der Waals surface area contributed by atoms with Gasteiger partial charge in [0.05, 0.1) is 11.0 Å². The van der Waals surface area contributed by atoms with Crippen molar-refractivity contribution in [3.63, 3.8) is 0 Å². The van der Waals surface area contributed by atoms with Gasteiger partial charge >= 0.3 is 0 Å². The van der Waals surface area contributed by atoms with Gasteiger partial charge in [-0.1, -0.05) is 39.5 Å². The van der Waals surface area contributed by atoms with Gasteiger partial charge in [0, 0.05) is 6.04 Å². The first-order valence-electron chi connectivity index (χ1n) is 8.53. The molecule has 2 fully saturated rings. The van der Waals surface area contributed by atoms with Gasteiger partial charge in [-0.2, -0.15) is 0 Å². The molecule has 0 amide bonds. The zero-order valence-corrected chi connectivity index (χ0v) is 13.9. The summed E-state index contributed by atoms with van der Waals surface area (Å²) in [6, 6.07) is 0.197. The molecule has 1 aliphatic heterocycles. The molecule has 1 saturated heterocycles. The molecule has 3 nitrogen and oxygen atoms in total. The third-order valence-electron chi connectivity index (χ3n) is 5.45. The van der Waals surface area contributed by atoms with Crippen LogP contribution in [0.2, 0.25) is 0 Å². The molecule has 0 aromatic carbocycles. The van der Waals surface area contributed by atoms with Crippen LogP contribution >= 0.6 is 0 Å². The Labute approximate surface area is 124 Å². The van der Waals surface area contributed by atoms with Crippen LogP contribution in [0.4, 0.5) is 0 Å². The number of hydrogen-bond acceptors (Lipinski definition) is 3. The normalized spacial score (nSPS) is 35.6. The highest BCUT2D eigenvalue weighted by Gasteiger charge is 2.39. The fourth-order valence-corrected chi connectivity index (χ4v) is 6.38. The van der Waals surface area contributed by atoms with Crippen LogP contribution in [0.25, 0.3) is 0 Å². The first kappa shape index (κ1) is 16.3. The lowest BCUT2D eigenvalue weighted by Crippen LogP contribution is -2.51. The van der Waals surface area contributed by atoms with Gasteiger partial charge in [0.25, 0.3) is 0 Å². The lowest BCUT2D eigenvalue weighted by molar-refractivity contribution is 0.210. The first-order valence-corrected chi connectivity index (χ1v) is 10.2. The van der Waals surface area contributed by atoms with Crippen molar-refractivity contribution in [2.24, 2.45) is 11.8 Å². The van der Waals surface area contributed by atoms with E-state index in [1.807, 2.05) is 0 Å². The van der Waals surface area contributed by atoms with E-state index in [4.69, 9.17) is 0 Å². The molecule has 1 saturated carbocycles. The average Bonchev–Trinajstić information content (AvgIpc) is 2.45. The molecule has 118 valence electrons. The van der Waals surface area contributed by atoms with E-state index >= 15 is 0 Å². The van der Waals surface area contributed by atoms with Gasteiger partial charge in [0.1, 0.15) is 0 Å². The van der Waals surface area contributed by atoms with Crippen LogP contribution < -0.4 is 5.32 Å². The Kier molecular flexibility index (Phi) is 5.91. The van der Waals surface area contributed by atoms with E-state index in [1.165, 1.54) is 32.1 Å². The molecule has 1 heterocycles. The predicted molar refractivity (Wildman–Crippen MR) is 84.6 cm³/mol. The second-order valence-electron chi connectivity index (χ2n) is 6.67. The van der Waals surface area contributed by atoms with Gasteiger partial charge in [-0.05, 0) is 44.1 Å². The van der Waals surface area contributed by atoms with Gasteiger partial charge in [-0.15, -0.1) is 0 Å². The molecule has 20 heavy (non-hydrogen) atoms. The zero-order valence-electron chi connectivity index (χ0n) is 13.1. The van der Waals surface area contributed by atoms with Crippen LogP contribution in [0.1, 0.15) is 65.2 Å². The SMILES string of the molecule is CCNC(C1CCC(CC)CC1)C1CCCCS1(=O)=O. The first-order chi connectivity index (χ1) is 9.58. The fraction of sp³-hybridized carbons (Fsp3) is 1.00. The summed E-state index contributed by atoms with van der Waals surface area (Å²) in [5.74, 6) is 1.84. The van der Waals surface area contributed by atoms with Crippen LogP contribution in [0, 0.1) is 11.8 Å². The van der Waals surface area contributed by atoms with Crippen molar-refractivity contribution in [1.82, 2.24) is 5.32 Å². The molecule has 2 aliphatic rings. The Hall–Kier alpha value is -0.0900. The quantitative estimate of drug-likeness (QED) is 0.848. The molecule has 1 N–H and O–H groups in total. The maximum absolute atomic E-state index is 12.4. The molecule has 1 aliphatic carbocycles. The topological polar surface area (TPSA) is 46.2 Å². The van der Waals surface area contributed by atoms with Crippen molar-refractivity contribution in [3.05, 3.63) is 0 Å². The standard InChI is InChI=1S/C16H31NO2S/c1-3-13-8-10-14(11-9-13)16(17-4-2)15-7-5-6-12-20(15,18)19/h13-17H,3-12H2,1-2H3. The van der Waals surface area contributed by atoms with E-state index in [0.717, 1.165) is 31.7 Å². The Morgan fingerprint density at radius 2 is 1.75 bits per heavy atom. The Bertz CT molecular complexity index is 385. The van der Waals surface area contributed by atoms with E-state index in [-0.39, 0.29) is 11.3 Å². The van der Waals surface area contributed by atoms with Crippen LogP contribution in [0.3, 0.4) is 0 Å². The van der Waals surface area contributed by atoms with Gasteiger partial charge in [-0.25, -0.2) is 8.42 Å². The molecule has 0 bridgehead atoms. The Balaban J connectivity index is 2.06. The number of sulfone groups is 1. The van der Waals surface area contributed by atoms with Gasteiger partial charge in [-0.3, -0.25) is 0 Å². The number of nitrogens with one attached hydrogen (secondary N) is 1. The highest BCUT2D eigenvalue weighted by Crippen LogP contribution is 2.36. The van der Waals surface area contributed by atoms with E-state index in [0.29, 0.717) is 11.7 Å². The lowest BCUT2D eigenvalue weighted by Gasteiger charge is -2.39. The van der Waals surface area contributed by atoms with Crippen LogP contribution in [0.5, 0.6) is 0 Å². The molecule has 0 aromatic heterocycles. The molecule has 0 spiro atoms.